The van der Waals surface area contributed by atoms with Crippen LogP contribution >= 0.6 is 11.6 Å². The molecule has 0 spiro atoms. The molecule has 0 radical (unpaired) electrons. The van der Waals surface area contributed by atoms with E-state index in [4.69, 9.17) is 11.6 Å². The van der Waals surface area contributed by atoms with E-state index in [1.165, 1.54) is 0 Å². The predicted octanol–water partition coefficient (Wildman–Crippen LogP) is 3.70. The number of carbonyl (C=O) groups is 2. The van der Waals surface area contributed by atoms with E-state index in [9.17, 15) is 9.59 Å². The summed E-state index contributed by atoms with van der Waals surface area (Å²) in [6.45, 7) is 1.12. The van der Waals surface area contributed by atoms with Crippen LogP contribution in [0.4, 0.5) is 10.5 Å². The summed E-state index contributed by atoms with van der Waals surface area (Å²) < 4.78 is 0. The Kier molecular flexibility index (Phi) is 6.12. The molecule has 5 nitrogen and oxygen atoms in total. The van der Waals surface area contributed by atoms with Gasteiger partial charge in [-0.2, -0.15) is 0 Å². The van der Waals surface area contributed by atoms with Gasteiger partial charge in [-0.05, 0) is 49.1 Å². The van der Waals surface area contributed by atoms with Crippen LogP contribution in [-0.4, -0.2) is 36.0 Å². The topological polar surface area (TPSA) is 61.4 Å². The highest BCUT2D eigenvalue weighted by molar-refractivity contribution is 6.30. The molecule has 2 aromatic carbocycles. The van der Waals surface area contributed by atoms with Gasteiger partial charge in [-0.3, -0.25) is 4.79 Å². The van der Waals surface area contributed by atoms with Gasteiger partial charge in [0.2, 0.25) is 5.91 Å². The molecule has 1 fully saturated rings. The number of rotatable bonds is 5. The SMILES string of the molecule is O=C(NCCc1ccc(Cl)cc1)[C@@H]1CCCN1C(=O)Nc1ccccc1. The quantitative estimate of drug-likeness (QED) is 0.841. The van der Waals surface area contributed by atoms with Crippen molar-refractivity contribution < 1.29 is 9.59 Å². The van der Waals surface area contributed by atoms with Crippen LogP contribution in [0.25, 0.3) is 0 Å². The van der Waals surface area contributed by atoms with E-state index in [-0.39, 0.29) is 11.9 Å². The third kappa shape index (κ3) is 4.76. The molecule has 0 unspecified atom stereocenters. The molecule has 0 aliphatic carbocycles. The van der Waals surface area contributed by atoms with E-state index in [2.05, 4.69) is 10.6 Å². The number of halogens is 1. The minimum absolute atomic E-state index is 0.0975. The molecule has 1 heterocycles. The van der Waals surface area contributed by atoms with Crippen LogP contribution in [0.2, 0.25) is 5.02 Å². The largest absolute Gasteiger partial charge is 0.354 e. The van der Waals surface area contributed by atoms with Gasteiger partial charge in [0.05, 0.1) is 0 Å². The number of anilines is 1. The molecule has 2 aromatic rings. The molecule has 3 rings (SSSR count). The Hall–Kier alpha value is -2.53. The summed E-state index contributed by atoms with van der Waals surface area (Å²) in [5.41, 5.74) is 1.84. The van der Waals surface area contributed by atoms with Gasteiger partial charge in [0, 0.05) is 23.8 Å². The van der Waals surface area contributed by atoms with E-state index in [1.54, 1.807) is 4.90 Å². The van der Waals surface area contributed by atoms with Crippen molar-refractivity contribution in [2.75, 3.05) is 18.4 Å². The predicted molar refractivity (Wildman–Crippen MR) is 103 cm³/mol. The number of nitrogens with zero attached hydrogens (tertiary/aromatic N) is 1. The summed E-state index contributed by atoms with van der Waals surface area (Å²) in [5, 5.41) is 6.49. The molecule has 1 aliphatic rings. The van der Waals surface area contributed by atoms with Crippen molar-refractivity contribution in [1.29, 1.82) is 0 Å². The van der Waals surface area contributed by atoms with Gasteiger partial charge in [-0.25, -0.2) is 4.79 Å². The van der Waals surface area contributed by atoms with Crippen LogP contribution in [0.1, 0.15) is 18.4 Å². The lowest BCUT2D eigenvalue weighted by Gasteiger charge is -2.24. The summed E-state index contributed by atoms with van der Waals surface area (Å²) in [5.74, 6) is -0.0975. The maximum atomic E-state index is 12.5. The van der Waals surface area contributed by atoms with Crippen molar-refractivity contribution in [3.05, 3.63) is 65.2 Å². The fraction of sp³-hybridized carbons (Fsp3) is 0.300. The summed E-state index contributed by atoms with van der Waals surface area (Å²) in [6, 6.07) is 16.2. The van der Waals surface area contributed by atoms with Crippen LogP contribution in [0.3, 0.4) is 0 Å². The molecule has 26 heavy (non-hydrogen) atoms. The number of para-hydroxylation sites is 1. The second-order valence-corrected chi connectivity index (χ2v) is 6.75. The molecule has 3 amide bonds. The van der Waals surface area contributed by atoms with Gasteiger partial charge in [0.1, 0.15) is 6.04 Å². The summed E-state index contributed by atoms with van der Waals surface area (Å²) in [7, 11) is 0. The zero-order valence-electron chi connectivity index (χ0n) is 14.5. The van der Waals surface area contributed by atoms with Crippen LogP contribution in [0, 0.1) is 0 Å². The van der Waals surface area contributed by atoms with Gasteiger partial charge in [-0.15, -0.1) is 0 Å². The van der Waals surface area contributed by atoms with Crippen molar-refractivity contribution >= 4 is 29.2 Å². The summed E-state index contributed by atoms with van der Waals surface area (Å²) >= 11 is 5.87. The van der Waals surface area contributed by atoms with Crippen molar-refractivity contribution in [2.45, 2.75) is 25.3 Å². The summed E-state index contributed by atoms with van der Waals surface area (Å²) in [6.07, 6.45) is 2.25. The number of nitrogens with one attached hydrogen (secondary N) is 2. The van der Waals surface area contributed by atoms with Gasteiger partial charge in [-0.1, -0.05) is 41.9 Å². The Bertz CT molecular complexity index is 749. The van der Waals surface area contributed by atoms with Crippen LogP contribution < -0.4 is 10.6 Å². The van der Waals surface area contributed by atoms with E-state index in [0.717, 1.165) is 24.1 Å². The maximum Gasteiger partial charge on any atom is 0.322 e. The van der Waals surface area contributed by atoms with Gasteiger partial charge < -0.3 is 15.5 Å². The van der Waals surface area contributed by atoms with E-state index < -0.39 is 6.04 Å². The fourth-order valence-corrected chi connectivity index (χ4v) is 3.22. The molecule has 0 aromatic heterocycles. The highest BCUT2D eigenvalue weighted by Crippen LogP contribution is 2.19. The van der Waals surface area contributed by atoms with E-state index in [0.29, 0.717) is 24.5 Å². The smallest absolute Gasteiger partial charge is 0.322 e. The second-order valence-electron chi connectivity index (χ2n) is 6.32. The number of hydrogen-bond acceptors (Lipinski definition) is 2. The first-order chi connectivity index (χ1) is 12.6. The highest BCUT2D eigenvalue weighted by Gasteiger charge is 2.33. The molecule has 1 aliphatic heterocycles. The number of amides is 3. The molecular formula is C20H22ClN3O2. The van der Waals surface area contributed by atoms with Crippen molar-refractivity contribution in [3.8, 4) is 0 Å². The van der Waals surface area contributed by atoms with E-state index in [1.807, 2.05) is 54.6 Å². The van der Waals surface area contributed by atoms with Gasteiger partial charge in [0.25, 0.3) is 0 Å². The van der Waals surface area contributed by atoms with Crippen molar-refractivity contribution in [2.24, 2.45) is 0 Å². The minimum Gasteiger partial charge on any atom is -0.354 e. The maximum absolute atomic E-state index is 12.5. The molecule has 1 saturated heterocycles. The molecule has 136 valence electrons. The summed E-state index contributed by atoms with van der Waals surface area (Å²) in [4.78, 5) is 26.6. The Morgan fingerprint density at radius 1 is 1.08 bits per heavy atom. The van der Waals surface area contributed by atoms with Crippen LogP contribution in [-0.2, 0) is 11.2 Å². The van der Waals surface area contributed by atoms with Crippen molar-refractivity contribution in [3.63, 3.8) is 0 Å². The zero-order chi connectivity index (χ0) is 18.4. The van der Waals surface area contributed by atoms with E-state index >= 15 is 0 Å². The number of likely N-dealkylation sites (tertiary alicyclic amines) is 1. The molecule has 0 saturated carbocycles. The number of carbonyl (C=O) groups excluding carboxylic acids is 2. The molecule has 0 bridgehead atoms. The standard InChI is InChI=1S/C20H22ClN3O2/c21-16-10-8-15(9-11-16)12-13-22-19(25)18-7-4-14-24(18)20(26)23-17-5-2-1-3-6-17/h1-3,5-6,8-11,18H,4,7,12-14H2,(H,22,25)(H,23,26)/t18-/m0/s1. The Labute approximate surface area is 158 Å². The average molecular weight is 372 g/mol. The monoisotopic (exact) mass is 371 g/mol. The van der Waals surface area contributed by atoms with Crippen LogP contribution in [0.15, 0.2) is 54.6 Å². The Morgan fingerprint density at radius 2 is 1.81 bits per heavy atom. The Morgan fingerprint density at radius 3 is 2.54 bits per heavy atom. The van der Waals surface area contributed by atoms with Crippen LogP contribution in [0.5, 0.6) is 0 Å². The highest BCUT2D eigenvalue weighted by atomic mass is 35.5. The lowest BCUT2D eigenvalue weighted by atomic mass is 10.1. The van der Waals surface area contributed by atoms with Crippen molar-refractivity contribution in [1.82, 2.24) is 10.2 Å². The number of hydrogen-bond donors (Lipinski definition) is 2. The number of benzene rings is 2. The van der Waals surface area contributed by atoms with Gasteiger partial charge in [0.15, 0.2) is 0 Å². The first-order valence-corrected chi connectivity index (χ1v) is 9.16. The minimum atomic E-state index is -0.413. The molecular weight excluding hydrogens is 350 g/mol. The first-order valence-electron chi connectivity index (χ1n) is 8.78. The zero-order valence-corrected chi connectivity index (χ0v) is 15.2. The van der Waals surface area contributed by atoms with Gasteiger partial charge >= 0.3 is 6.03 Å². The third-order valence-electron chi connectivity index (χ3n) is 4.47. The molecule has 6 heteroatoms. The normalized spacial score (nSPS) is 16.3. The average Bonchev–Trinajstić information content (AvgIpc) is 3.14. The number of urea groups is 1. The Balaban J connectivity index is 1.51. The lowest BCUT2D eigenvalue weighted by Crippen LogP contribution is -2.47. The fourth-order valence-electron chi connectivity index (χ4n) is 3.10. The lowest BCUT2D eigenvalue weighted by molar-refractivity contribution is -0.124. The third-order valence-corrected chi connectivity index (χ3v) is 4.72. The molecule has 2 N–H and O–H groups in total. The second kappa shape index (κ2) is 8.72. The first kappa shape index (κ1) is 18.3. The molecule has 1 atom stereocenters.